The molecular weight excluding hydrogens is 408 g/mol. The molecule has 0 radical (unpaired) electrons. The maximum absolute atomic E-state index is 10.7. The SMILES string of the molecule is O[C@@H](COC(c1ccccc1)c1ccccc1)CN1CCN(c2ccccc2Cl)CC1. The highest BCUT2D eigenvalue weighted by Crippen LogP contribution is 2.27. The Kier molecular flexibility index (Phi) is 7.60. The molecule has 1 heterocycles. The Morgan fingerprint density at radius 2 is 1.32 bits per heavy atom. The third-order valence-corrected chi connectivity index (χ3v) is 6.01. The summed E-state index contributed by atoms with van der Waals surface area (Å²) in [6.45, 7) is 4.47. The van der Waals surface area contributed by atoms with Gasteiger partial charge in [0.15, 0.2) is 0 Å². The molecule has 31 heavy (non-hydrogen) atoms. The zero-order valence-electron chi connectivity index (χ0n) is 17.6. The molecule has 0 amide bonds. The van der Waals surface area contributed by atoms with E-state index in [1.807, 2.05) is 54.6 Å². The zero-order chi connectivity index (χ0) is 21.5. The molecule has 4 rings (SSSR count). The summed E-state index contributed by atoms with van der Waals surface area (Å²) in [4.78, 5) is 4.60. The minimum Gasteiger partial charge on any atom is -0.389 e. The van der Waals surface area contributed by atoms with Gasteiger partial charge in [0.05, 0.1) is 23.4 Å². The van der Waals surface area contributed by atoms with Crippen molar-refractivity contribution in [1.82, 2.24) is 4.90 Å². The summed E-state index contributed by atoms with van der Waals surface area (Å²) < 4.78 is 6.22. The van der Waals surface area contributed by atoms with Crippen molar-refractivity contribution in [2.24, 2.45) is 0 Å². The number of ether oxygens (including phenoxy) is 1. The lowest BCUT2D eigenvalue weighted by Crippen LogP contribution is -2.49. The highest BCUT2D eigenvalue weighted by Gasteiger charge is 2.22. The van der Waals surface area contributed by atoms with E-state index >= 15 is 0 Å². The van der Waals surface area contributed by atoms with E-state index in [1.54, 1.807) is 0 Å². The van der Waals surface area contributed by atoms with Crippen LogP contribution in [0.3, 0.4) is 0 Å². The lowest BCUT2D eigenvalue weighted by Gasteiger charge is -2.37. The minimum atomic E-state index is -0.540. The van der Waals surface area contributed by atoms with E-state index in [2.05, 4.69) is 40.1 Å². The molecule has 3 aromatic carbocycles. The molecule has 1 saturated heterocycles. The highest BCUT2D eigenvalue weighted by atomic mass is 35.5. The number of aliphatic hydroxyl groups excluding tert-OH is 1. The van der Waals surface area contributed by atoms with Crippen molar-refractivity contribution in [1.29, 1.82) is 0 Å². The largest absolute Gasteiger partial charge is 0.389 e. The van der Waals surface area contributed by atoms with Crippen LogP contribution in [0.2, 0.25) is 5.02 Å². The van der Waals surface area contributed by atoms with E-state index in [1.165, 1.54) is 0 Å². The van der Waals surface area contributed by atoms with Crippen molar-refractivity contribution in [3.05, 3.63) is 101 Å². The first-order chi connectivity index (χ1) is 15.2. The number of halogens is 1. The number of benzene rings is 3. The first-order valence-corrected chi connectivity index (χ1v) is 11.2. The molecule has 0 saturated carbocycles. The molecule has 0 spiro atoms. The Labute approximate surface area is 189 Å². The maximum atomic E-state index is 10.7. The van der Waals surface area contributed by atoms with Gasteiger partial charge in [-0.25, -0.2) is 0 Å². The first kappa shape index (κ1) is 21.8. The molecule has 162 valence electrons. The summed E-state index contributed by atoms with van der Waals surface area (Å²) >= 11 is 6.34. The Morgan fingerprint density at radius 3 is 1.90 bits per heavy atom. The minimum absolute atomic E-state index is 0.186. The van der Waals surface area contributed by atoms with Gasteiger partial charge < -0.3 is 14.7 Å². The van der Waals surface area contributed by atoms with Crippen molar-refractivity contribution >= 4 is 17.3 Å². The molecule has 0 aromatic heterocycles. The normalized spacial score (nSPS) is 15.9. The van der Waals surface area contributed by atoms with Crippen LogP contribution in [0, 0.1) is 0 Å². The molecule has 1 atom stereocenters. The topological polar surface area (TPSA) is 35.9 Å². The number of hydrogen-bond acceptors (Lipinski definition) is 4. The third kappa shape index (κ3) is 5.86. The van der Waals surface area contributed by atoms with Crippen LogP contribution in [0.25, 0.3) is 0 Å². The quantitative estimate of drug-likeness (QED) is 0.558. The van der Waals surface area contributed by atoms with E-state index in [4.69, 9.17) is 16.3 Å². The molecule has 5 heteroatoms. The molecule has 3 aromatic rings. The number of piperazine rings is 1. The molecule has 0 bridgehead atoms. The summed E-state index contributed by atoms with van der Waals surface area (Å²) in [5.74, 6) is 0. The second-order valence-corrected chi connectivity index (χ2v) is 8.33. The van der Waals surface area contributed by atoms with Crippen molar-refractivity contribution in [2.45, 2.75) is 12.2 Å². The Bertz CT molecular complexity index is 891. The first-order valence-electron chi connectivity index (χ1n) is 10.8. The van der Waals surface area contributed by atoms with E-state index < -0.39 is 6.10 Å². The summed E-state index contributed by atoms with van der Waals surface area (Å²) in [6, 6.07) is 28.3. The third-order valence-electron chi connectivity index (χ3n) is 5.69. The van der Waals surface area contributed by atoms with Gasteiger partial charge in [0.1, 0.15) is 6.10 Å². The second-order valence-electron chi connectivity index (χ2n) is 7.93. The van der Waals surface area contributed by atoms with Gasteiger partial charge in [-0.3, -0.25) is 4.90 Å². The van der Waals surface area contributed by atoms with Crippen LogP contribution in [0.1, 0.15) is 17.2 Å². The predicted molar refractivity (Wildman–Crippen MR) is 127 cm³/mol. The summed E-state index contributed by atoms with van der Waals surface area (Å²) in [5.41, 5.74) is 3.27. The molecule has 1 aliphatic rings. The summed E-state index contributed by atoms with van der Waals surface area (Å²) in [7, 11) is 0. The van der Waals surface area contributed by atoms with E-state index in [0.29, 0.717) is 13.2 Å². The summed E-state index contributed by atoms with van der Waals surface area (Å²) in [6.07, 6.45) is -0.726. The molecule has 4 nitrogen and oxygen atoms in total. The predicted octanol–water partition coefficient (Wildman–Crippen LogP) is 4.63. The number of para-hydroxylation sites is 1. The van der Waals surface area contributed by atoms with Gasteiger partial charge in [-0.15, -0.1) is 0 Å². The lowest BCUT2D eigenvalue weighted by molar-refractivity contribution is -0.00893. The van der Waals surface area contributed by atoms with Gasteiger partial charge in [-0.1, -0.05) is 84.4 Å². The average molecular weight is 437 g/mol. The van der Waals surface area contributed by atoms with Crippen LogP contribution in [0.4, 0.5) is 5.69 Å². The van der Waals surface area contributed by atoms with Crippen molar-refractivity contribution in [2.75, 3.05) is 44.2 Å². The van der Waals surface area contributed by atoms with Gasteiger partial charge in [0.25, 0.3) is 0 Å². The van der Waals surface area contributed by atoms with E-state index in [-0.39, 0.29) is 6.10 Å². The number of β-amino-alcohol motifs (C(OH)–C–C–N with tert-alkyl or cyclic N) is 1. The molecule has 1 N–H and O–H groups in total. The fourth-order valence-electron chi connectivity index (χ4n) is 4.08. The van der Waals surface area contributed by atoms with Gasteiger partial charge in [-0.2, -0.15) is 0 Å². The number of anilines is 1. The average Bonchev–Trinajstić information content (AvgIpc) is 2.82. The fourth-order valence-corrected chi connectivity index (χ4v) is 4.33. The second kappa shape index (κ2) is 10.8. The summed E-state index contributed by atoms with van der Waals surface area (Å²) in [5, 5.41) is 11.5. The number of nitrogens with zero attached hydrogens (tertiary/aromatic N) is 2. The Balaban J connectivity index is 1.30. The molecule has 1 aliphatic heterocycles. The van der Waals surface area contributed by atoms with Gasteiger partial charge in [0, 0.05) is 32.7 Å². The number of hydrogen-bond donors (Lipinski definition) is 1. The number of aliphatic hydroxyl groups is 1. The molecular formula is C26H29ClN2O2. The van der Waals surface area contributed by atoms with Gasteiger partial charge in [0.2, 0.25) is 0 Å². The molecule has 0 unspecified atom stereocenters. The fraction of sp³-hybridized carbons (Fsp3) is 0.308. The molecule has 1 fully saturated rings. The van der Waals surface area contributed by atoms with Crippen LogP contribution < -0.4 is 4.90 Å². The van der Waals surface area contributed by atoms with Crippen LogP contribution >= 0.6 is 11.6 Å². The Hall–Kier alpha value is -2.37. The maximum Gasteiger partial charge on any atom is 0.108 e. The van der Waals surface area contributed by atoms with Crippen molar-refractivity contribution in [3.8, 4) is 0 Å². The van der Waals surface area contributed by atoms with Crippen LogP contribution in [-0.2, 0) is 4.74 Å². The van der Waals surface area contributed by atoms with Crippen molar-refractivity contribution < 1.29 is 9.84 Å². The molecule has 0 aliphatic carbocycles. The lowest BCUT2D eigenvalue weighted by atomic mass is 10.0. The highest BCUT2D eigenvalue weighted by molar-refractivity contribution is 6.33. The van der Waals surface area contributed by atoms with Crippen molar-refractivity contribution in [3.63, 3.8) is 0 Å². The van der Waals surface area contributed by atoms with Crippen LogP contribution in [0.5, 0.6) is 0 Å². The van der Waals surface area contributed by atoms with E-state index in [0.717, 1.165) is 48.0 Å². The monoisotopic (exact) mass is 436 g/mol. The Morgan fingerprint density at radius 1 is 0.774 bits per heavy atom. The van der Waals surface area contributed by atoms with Crippen LogP contribution in [-0.4, -0.2) is 55.4 Å². The zero-order valence-corrected chi connectivity index (χ0v) is 18.4. The van der Waals surface area contributed by atoms with Gasteiger partial charge >= 0.3 is 0 Å². The van der Waals surface area contributed by atoms with Gasteiger partial charge in [-0.05, 0) is 23.3 Å². The number of rotatable bonds is 8. The van der Waals surface area contributed by atoms with Crippen LogP contribution in [0.15, 0.2) is 84.9 Å². The smallest absolute Gasteiger partial charge is 0.108 e. The van der Waals surface area contributed by atoms with E-state index in [9.17, 15) is 5.11 Å². The standard InChI is InChI=1S/C26H29ClN2O2/c27-24-13-7-8-14-25(24)29-17-15-28(16-18-29)19-23(30)20-31-26(21-9-3-1-4-10-21)22-11-5-2-6-12-22/h1-14,23,26,30H,15-20H2/t23-/m1/s1.